The molecule has 0 spiro atoms. The maximum atomic E-state index is 4.39. The summed E-state index contributed by atoms with van der Waals surface area (Å²) in [4.78, 5) is 4.39. The van der Waals surface area contributed by atoms with Crippen molar-refractivity contribution in [2.75, 3.05) is 0 Å². The Balaban J connectivity index is 2.64. The van der Waals surface area contributed by atoms with Crippen LogP contribution >= 0.6 is 0 Å². The standard InChI is InChI=1S/C13H21N/c1-10(2)5-6-13-9-12(11(3)4)7-8-14-13/h7-11H,5-6H2,1-4H3. The van der Waals surface area contributed by atoms with E-state index in [2.05, 4.69) is 44.8 Å². The number of hydrogen-bond donors (Lipinski definition) is 0. The smallest absolute Gasteiger partial charge is 0.0406 e. The first kappa shape index (κ1) is 11.2. The lowest BCUT2D eigenvalue weighted by Crippen LogP contribution is -1.97. The van der Waals surface area contributed by atoms with Crippen LogP contribution < -0.4 is 0 Å². The SMILES string of the molecule is CC(C)CCc1cc(C(C)C)ccn1. The Morgan fingerprint density at radius 2 is 1.93 bits per heavy atom. The van der Waals surface area contributed by atoms with Crippen LogP contribution in [0.2, 0.25) is 0 Å². The largest absolute Gasteiger partial charge is 0.261 e. The van der Waals surface area contributed by atoms with Crippen LogP contribution in [0.4, 0.5) is 0 Å². The summed E-state index contributed by atoms with van der Waals surface area (Å²) in [5, 5.41) is 0. The van der Waals surface area contributed by atoms with Crippen molar-refractivity contribution in [2.45, 2.75) is 46.5 Å². The number of aromatic nitrogens is 1. The summed E-state index contributed by atoms with van der Waals surface area (Å²) in [6, 6.07) is 4.36. The zero-order valence-electron chi connectivity index (χ0n) is 9.75. The topological polar surface area (TPSA) is 12.9 Å². The van der Waals surface area contributed by atoms with Crippen LogP contribution in [0.25, 0.3) is 0 Å². The van der Waals surface area contributed by atoms with Gasteiger partial charge in [-0.05, 0) is 42.4 Å². The van der Waals surface area contributed by atoms with Crippen LogP contribution in [0.5, 0.6) is 0 Å². The van der Waals surface area contributed by atoms with Crippen LogP contribution in [0.3, 0.4) is 0 Å². The highest BCUT2D eigenvalue weighted by Crippen LogP contribution is 2.15. The van der Waals surface area contributed by atoms with Gasteiger partial charge in [0.05, 0.1) is 0 Å². The zero-order chi connectivity index (χ0) is 10.6. The molecule has 1 aromatic heterocycles. The average molecular weight is 191 g/mol. The van der Waals surface area contributed by atoms with Gasteiger partial charge in [0.15, 0.2) is 0 Å². The van der Waals surface area contributed by atoms with Gasteiger partial charge < -0.3 is 0 Å². The Morgan fingerprint density at radius 3 is 2.50 bits per heavy atom. The van der Waals surface area contributed by atoms with E-state index in [1.165, 1.54) is 17.7 Å². The Bertz CT molecular complexity index is 276. The Morgan fingerprint density at radius 1 is 1.21 bits per heavy atom. The molecule has 0 saturated carbocycles. The monoisotopic (exact) mass is 191 g/mol. The van der Waals surface area contributed by atoms with Gasteiger partial charge in [-0.15, -0.1) is 0 Å². The molecule has 1 heterocycles. The number of rotatable bonds is 4. The minimum absolute atomic E-state index is 0.607. The molecule has 1 aromatic rings. The second kappa shape index (κ2) is 5.14. The molecule has 0 fully saturated rings. The summed E-state index contributed by atoms with van der Waals surface area (Å²) in [5.74, 6) is 1.37. The summed E-state index contributed by atoms with van der Waals surface area (Å²) in [7, 11) is 0. The van der Waals surface area contributed by atoms with Crippen LogP contribution in [-0.2, 0) is 6.42 Å². The lowest BCUT2D eigenvalue weighted by Gasteiger charge is -2.08. The molecule has 0 amide bonds. The van der Waals surface area contributed by atoms with Gasteiger partial charge in [0.2, 0.25) is 0 Å². The van der Waals surface area contributed by atoms with Gasteiger partial charge in [-0.2, -0.15) is 0 Å². The van der Waals surface area contributed by atoms with Crippen LogP contribution in [0.1, 0.15) is 51.3 Å². The average Bonchev–Trinajstić information content (AvgIpc) is 2.15. The number of aryl methyl sites for hydroxylation is 1. The van der Waals surface area contributed by atoms with Crippen LogP contribution in [0.15, 0.2) is 18.3 Å². The molecule has 0 bridgehead atoms. The minimum Gasteiger partial charge on any atom is -0.261 e. The molecule has 0 aliphatic carbocycles. The fourth-order valence-electron chi connectivity index (χ4n) is 1.43. The summed E-state index contributed by atoms with van der Waals surface area (Å²) in [6.07, 6.45) is 4.28. The molecule has 14 heavy (non-hydrogen) atoms. The molecule has 1 nitrogen and oxygen atoms in total. The van der Waals surface area contributed by atoms with E-state index in [0.29, 0.717) is 5.92 Å². The first-order valence-electron chi connectivity index (χ1n) is 5.54. The molecule has 0 saturated heterocycles. The highest BCUT2D eigenvalue weighted by atomic mass is 14.7. The third kappa shape index (κ3) is 3.49. The Kier molecular flexibility index (Phi) is 4.12. The third-order valence-electron chi connectivity index (χ3n) is 2.49. The predicted octanol–water partition coefficient (Wildman–Crippen LogP) is 3.79. The third-order valence-corrected chi connectivity index (χ3v) is 2.49. The zero-order valence-corrected chi connectivity index (χ0v) is 9.75. The summed E-state index contributed by atoms with van der Waals surface area (Å²) in [6.45, 7) is 8.96. The van der Waals surface area contributed by atoms with Crippen LogP contribution in [0, 0.1) is 5.92 Å². The Labute approximate surface area is 87.6 Å². The van der Waals surface area contributed by atoms with Crippen LogP contribution in [-0.4, -0.2) is 4.98 Å². The highest BCUT2D eigenvalue weighted by Gasteiger charge is 2.02. The Hall–Kier alpha value is -0.850. The van der Waals surface area contributed by atoms with Crippen molar-refractivity contribution in [1.82, 2.24) is 4.98 Å². The van der Waals surface area contributed by atoms with Crippen molar-refractivity contribution in [2.24, 2.45) is 5.92 Å². The normalized spacial score (nSPS) is 11.3. The predicted molar refractivity (Wildman–Crippen MR) is 61.5 cm³/mol. The van der Waals surface area contributed by atoms with E-state index < -0.39 is 0 Å². The van der Waals surface area contributed by atoms with Crippen molar-refractivity contribution in [3.8, 4) is 0 Å². The van der Waals surface area contributed by atoms with E-state index in [1.807, 2.05) is 6.20 Å². The van der Waals surface area contributed by atoms with E-state index >= 15 is 0 Å². The quantitative estimate of drug-likeness (QED) is 0.705. The van der Waals surface area contributed by atoms with Gasteiger partial charge in [-0.3, -0.25) is 4.98 Å². The number of nitrogens with zero attached hydrogens (tertiary/aromatic N) is 1. The molecule has 0 N–H and O–H groups in total. The van der Waals surface area contributed by atoms with Crippen molar-refractivity contribution in [3.05, 3.63) is 29.6 Å². The second-order valence-electron chi connectivity index (χ2n) is 4.67. The maximum Gasteiger partial charge on any atom is 0.0406 e. The second-order valence-corrected chi connectivity index (χ2v) is 4.67. The first-order valence-corrected chi connectivity index (χ1v) is 5.54. The molecule has 0 aromatic carbocycles. The lowest BCUT2D eigenvalue weighted by molar-refractivity contribution is 0.581. The highest BCUT2D eigenvalue weighted by molar-refractivity contribution is 5.19. The fourth-order valence-corrected chi connectivity index (χ4v) is 1.43. The summed E-state index contributed by atoms with van der Waals surface area (Å²) >= 11 is 0. The van der Waals surface area contributed by atoms with E-state index in [-0.39, 0.29) is 0 Å². The van der Waals surface area contributed by atoms with Crippen molar-refractivity contribution >= 4 is 0 Å². The van der Waals surface area contributed by atoms with E-state index in [0.717, 1.165) is 12.3 Å². The van der Waals surface area contributed by atoms with E-state index in [1.54, 1.807) is 0 Å². The molecule has 0 aliphatic rings. The fraction of sp³-hybridized carbons (Fsp3) is 0.615. The number of pyridine rings is 1. The first-order chi connectivity index (χ1) is 6.59. The summed E-state index contributed by atoms with van der Waals surface area (Å²) in [5.41, 5.74) is 2.64. The van der Waals surface area contributed by atoms with Gasteiger partial charge >= 0.3 is 0 Å². The van der Waals surface area contributed by atoms with E-state index in [4.69, 9.17) is 0 Å². The molecule has 0 radical (unpaired) electrons. The van der Waals surface area contributed by atoms with E-state index in [9.17, 15) is 0 Å². The lowest BCUT2D eigenvalue weighted by atomic mass is 10.0. The van der Waals surface area contributed by atoms with Gasteiger partial charge in [0.25, 0.3) is 0 Å². The molecule has 1 rings (SSSR count). The summed E-state index contributed by atoms with van der Waals surface area (Å²) < 4.78 is 0. The van der Waals surface area contributed by atoms with Crippen molar-refractivity contribution < 1.29 is 0 Å². The van der Waals surface area contributed by atoms with Gasteiger partial charge in [-0.1, -0.05) is 27.7 Å². The molecule has 0 unspecified atom stereocenters. The van der Waals surface area contributed by atoms with Crippen molar-refractivity contribution in [1.29, 1.82) is 0 Å². The molecule has 0 atom stereocenters. The molecule has 78 valence electrons. The maximum absolute atomic E-state index is 4.39. The molecule has 1 heteroatoms. The molecule has 0 aliphatic heterocycles. The molecular weight excluding hydrogens is 170 g/mol. The molecular formula is C13H21N. The van der Waals surface area contributed by atoms with Gasteiger partial charge in [-0.25, -0.2) is 0 Å². The minimum atomic E-state index is 0.607. The number of hydrogen-bond acceptors (Lipinski definition) is 1. The van der Waals surface area contributed by atoms with Gasteiger partial charge in [0, 0.05) is 11.9 Å². The van der Waals surface area contributed by atoms with Gasteiger partial charge in [0.1, 0.15) is 0 Å². The van der Waals surface area contributed by atoms with Crippen molar-refractivity contribution in [3.63, 3.8) is 0 Å².